The molecule has 0 bridgehead atoms. The summed E-state index contributed by atoms with van der Waals surface area (Å²) in [6.07, 6.45) is 0. The summed E-state index contributed by atoms with van der Waals surface area (Å²) in [5.74, 6) is 0.763. The van der Waals surface area contributed by atoms with E-state index in [9.17, 15) is 0 Å². The third-order valence-electron chi connectivity index (χ3n) is 1.58. The third kappa shape index (κ3) is 3.79. The topological polar surface area (TPSA) is 9.23 Å². The Morgan fingerprint density at radius 3 is 2.29 bits per heavy atom. The molecule has 1 aromatic carbocycles. The quantitative estimate of drug-likeness (QED) is 0.541. The molecule has 0 heterocycles. The molecule has 14 heavy (non-hydrogen) atoms. The van der Waals surface area contributed by atoms with Crippen LogP contribution < -0.4 is 0 Å². The van der Waals surface area contributed by atoms with E-state index in [1.165, 1.54) is 0 Å². The minimum Gasteiger partial charge on any atom is -0.540 e. The molecule has 0 aliphatic rings. The summed E-state index contributed by atoms with van der Waals surface area (Å²) in [6.45, 7) is 10.4. The van der Waals surface area contributed by atoms with Gasteiger partial charge in [-0.05, 0) is 5.04 Å². The Kier molecular flexibility index (Phi) is 3.53. The molecule has 2 heteroatoms. The Bertz CT molecular complexity index is 298. The third-order valence-corrected chi connectivity index (χ3v) is 2.54. The van der Waals surface area contributed by atoms with E-state index in [2.05, 4.69) is 27.4 Å². The molecule has 0 spiro atoms. The molecule has 1 aromatic rings. The van der Waals surface area contributed by atoms with Crippen molar-refractivity contribution in [2.24, 2.45) is 0 Å². The number of hydrogen-bond acceptors (Lipinski definition) is 1. The molecule has 1 rings (SSSR count). The maximum absolute atomic E-state index is 5.63. The Labute approximate surface area is 88.7 Å². The van der Waals surface area contributed by atoms with Gasteiger partial charge in [0.05, 0.1) is 0 Å². The van der Waals surface area contributed by atoms with Gasteiger partial charge in [-0.1, -0.05) is 57.7 Å². The van der Waals surface area contributed by atoms with E-state index in [0.717, 1.165) is 11.3 Å². The molecule has 2 radical (unpaired) electrons. The normalized spacial score (nSPS) is 11.1. The summed E-state index contributed by atoms with van der Waals surface area (Å²) in [4.78, 5) is 0. The first-order valence-electron chi connectivity index (χ1n) is 4.67. The van der Waals surface area contributed by atoms with Gasteiger partial charge in [0.1, 0.15) is 5.76 Å². The molecule has 0 aliphatic heterocycles. The van der Waals surface area contributed by atoms with Crippen LogP contribution in [0.4, 0.5) is 0 Å². The maximum Gasteiger partial charge on any atom is 0.316 e. The SMILES string of the molecule is C=C(O[Si]C(C)(C)C)c1ccccc1. The van der Waals surface area contributed by atoms with Crippen LogP contribution in [-0.4, -0.2) is 9.76 Å². The van der Waals surface area contributed by atoms with Crippen LogP contribution in [0.3, 0.4) is 0 Å². The lowest BCUT2D eigenvalue weighted by atomic mass is 10.2. The number of rotatable bonds is 3. The fraction of sp³-hybridized carbons (Fsp3) is 0.333. The average Bonchev–Trinajstić information content (AvgIpc) is 2.14. The second-order valence-electron chi connectivity index (χ2n) is 4.24. The van der Waals surface area contributed by atoms with Gasteiger partial charge in [-0.2, -0.15) is 0 Å². The van der Waals surface area contributed by atoms with E-state index in [0.29, 0.717) is 9.76 Å². The van der Waals surface area contributed by atoms with Gasteiger partial charge in [-0.25, -0.2) is 0 Å². The monoisotopic (exact) mass is 204 g/mol. The zero-order chi connectivity index (χ0) is 10.6. The molecular weight excluding hydrogens is 188 g/mol. The molecule has 0 amide bonds. The zero-order valence-electron chi connectivity index (χ0n) is 9.00. The second-order valence-corrected chi connectivity index (χ2v) is 6.15. The highest BCUT2D eigenvalue weighted by Crippen LogP contribution is 2.23. The van der Waals surface area contributed by atoms with Crippen LogP contribution in [0.2, 0.25) is 5.04 Å². The molecule has 0 saturated heterocycles. The number of benzene rings is 1. The molecule has 0 atom stereocenters. The van der Waals surface area contributed by atoms with Crippen molar-refractivity contribution in [3.8, 4) is 0 Å². The molecule has 0 fully saturated rings. The lowest BCUT2D eigenvalue weighted by molar-refractivity contribution is 0.510. The summed E-state index contributed by atoms with van der Waals surface area (Å²) < 4.78 is 5.63. The van der Waals surface area contributed by atoms with Crippen LogP contribution in [0.15, 0.2) is 36.9 Å². The van der Waals surface area contributed by atoms with E-state index >= 15 is 0 Å². The highest BCUT2D eigenvalue weighted by Gasteiger charge is 2.15. The summed E-state index contributed by atoms with van der Waals surface area (Å²) >= 11 is 0. The van der Waals surface area contributed by atoms with Gasteiger partial charge < -0.3 is 4.43 Å². The van der Waals surface area contributed by atoms with Crippen molar-refractivity contribution in [3.05, 3.63) is 42.5 Å². The molecule has 0 aromatic heterocycles. The van der Waals surface area contributed by atoms with Crippen LogP contribution in [-0.2, 0) is 4.43 Å². The summed E-state index contributed by atoms with van der Waals surface area (Å²) in [6, 6.07) is 9.99. The van der Waals surface area contributed by atoms with Crippen molar-refractivity contribution in [2.75, 3.05) is 0 Å². The first-order valence-corrected chi connectivity index (χ1v) is 5.58. The Hall–Kier alpha value is -1.02. The molecule has 1 nitrogen and oxygen atoms in total. The van der Waals surface area contributed by atoms with Crippen LogP contribution in [0.1, 0.15) is 26.3 Å². The predicted molar refractivity (Wildman–Crippen MR) is 62.0 cm³/mol. The van der Waals surface area contributed by atoms with Crippen LogP contribution in [0.5, 0.6) is 0 Å². The largest absolute Gasteiger partial charge is 0.540 e. The minimum absolute atomic E-state index is 0.206. The molecule has 0 saturated carbocycles. The lowest BCUT2D eigenvalue weighted by Gasteiger charge is -2.17. The summed E-state index contributed by atoms with van der Waals surface area (Å²) in [5, 5.41) is 0.206. The van der Waals surface area contributed by atoms with Crippen molar-refractivity contribution in [2.45, 2.75) is 25.8 Å². The van der Waals surface area contributed by atoms with Gasteiger partial charge in [0.25, 0.3) is 0 Å². The molecule has 0 aliphatic carbocycles. The maximum atomic E-state index is 5.63. The fourth-order valence-corrected chi connectivity index (χ4v) is 1.44. The average molecular weight is 204 g/mol. The van der Waals surface area contributed by atoms with E-state index in [-0.39, 0.29) is 5.04 Å². The number of hydrogen-bond donors (Lipinski definition) is 0. The van der Waals surface area contributed by atoms with Crippen molar-refractivity contribution in [1.82, 2.24) is 0 Å². The highest BCUT2D eigenvalue weighted by molar-refractivity contribution is 6.33. The molecule has 0 unspecified atom stereocenters. The van der Waals surface area contributed by atoms with Crippen molar-refractivity contribution < 1.29 is 4.43 Å². The smallest absolute Gasteiger partial charge is 0.316 e. The van der Waals surface area contributed by atoms with Crippen LogP contribution in [0.25, 0.3) is 5.76 Å². The predicted octanol–water partition coefficient (Wildman–Crippen LogP) is 3.51. The fourth-order valence-electron chi connectivity index (χ4n) is 0.898. The van der Waals surface area contributed by atoms with Gasteiger partial charge in [-0.3, -0.25) is 0 Å². The zero-order valence-corrected chi connectivity index (χ0v) is 10.0. The van der Waals surface area contributed by atoms with Crippen molar-refractivity contribution in [1.29, 1.82) is 0 Å². The van der Waals surface area contributed by atoms with Crippen molar-refractivity contribution >= 4 is 15.5 Å². The summed E-state index contributed by atoms with van der Waals surface area (Å²) in [5.41, 5.74) is 1.06. The second kappa shape index (κ2) is 4.47. The van der Waals surface area contributed by atoms with Gasteiger partial charge in [0.2, 0.25) is 0 Å². The van der Waals surface area contributed by atoms with Gasteiger partial charge in [-0.15, -0.1) is 0 Å². The Morgan fingerprint density at radius 2 is 1.79 bits per heavy atom. The van der Waals surface area contributed by atoms with Gasteiger partial charge in [0, 0.05) is 5.56 Å². The van der Waals surface area contributed by atoms with Crippen LogP contribution >= 0.6 is 0 Å². The van der Waals surface area contributed by atoms with Gasteiger partial charge in [0.15, 0.2) is 0 Å². The van der Waals surface area contributed by atoms with Crippen molar-refractivity contribution in [3.63, 3.8) is 0 Å². The standard InChI is InChI=1S/C12H16OSi/c1-10(13-14-12(2,3)4)11-8-6-5-7-9-11/h5-9H,1H2,2-4H3. The molecule has 74 valence electrons. The molecular formula is C12H16OSi. The Morgan fingerprint density at radius 1 is 1.21 bits per heavy atom. The van der Waals surface area contributed by atoms with E-state index in [4.69, 9.17) is 4.43 Å². The lowest BCUT2D eigenvalue weighted by Crippen LogP contribution is -2.11. The first kappa shape index (κ1) is 11.1. The molecule has 0 N–H and O–H groups in total. The van der Waals surface area contributed by atoms with E-state index < -0.39 is 0 Å². The van der Waals surface area contributed by atoms with E-state index in [1.54, 1.807) is 0 Å². The Balaban J connectivity index is 2.52. The van der Waals surface area contributed by atoms with Gasteiger partial charge >= 0.3 is 9.76 Å². The first-order chi connectivity index (χ1) is 6.49. The highest BCUT2D eigenvalue weighted by atomic mass is 28.2. The van der Waals surface area contributed by atoms with E-state index in [1.807, 2.05) is 30.3 Å². The van der Waals surface area contributed by atoms with Crippen LogP contribution in [0, 0.1) is 0 Å². The minimum atomic E-state index is 0.206. The summed E-state index contributed by atoms with van der Waals surface area (Å²) in [7, 11) is 0.448.